The molecule has 1 radical (unpaired) electrons. The van der Waals surface area contributed by atoms with E-state index in [-0.39, 0.29) is 30.2 Å². The Balaban J connectivity index is 1.32. The van der Waals surface area contributed by atoms with Crippen molar-refractivity contribution < 1.29 is 9.59 Å². The summed E-state index contributed by atoms with van der Waals surface area (Å²) in [5, 5.41) is 5.07. The number of imidazole rings is 1. The van der Waals surface area contributed by atoms with Gasteiger partial charge < -0.3 is 15.6 Å². The standard InChI is InChI=1S/C20H17N4O2/c21-19(26)14-9-15-18(14)24-10-16(23-20(15)24)22-17(25)8-12-6-3-5-11-4-1-2-7-13(11)12/h1-7,10,14,18H,8-9H2,(H2,21,26)(H,22,25). The number of anilines is 1. The van der Waals surface area contributed by atoms with Crippen molar-refractivity contribution in [1.82, 2.24) is 9.55 Å². The van der Waals surface area contributed by atoms with E-state index in [1.54, 1.807) is 6.20 Å². The molecule has 1 aliphatic carbocycles. The average molecular weight is 345 g/mol. The highest BCUT2D eigenvalue weighted by Gasteiger charge is 2.56. The van der Waals surface area contributed by atoms with Crippen molar-refractivity contribution in [3.8, 4) is 0 Å². The summed E-state index contributed by atoms with van der Waals surface area (Å²) in [6.07, 6.45) is 2.76. The number of benzene rings is 2. The highest BCUT2D eigenvalue weighted by atomic mass is 16.2. The lowest BCUT2D eigenvalue weighted by atomic mass is 9.64. The van der Waals surface area contributed by atoms with Gasteiger partial charge in [0, 0.05) is 6.20 Å². The van der Waals surface area contributed by atoms with Crippen LogP contribution in [0.2, 0.25) is 0 Å². The van der Waals surface area contributed by atoms with Crippen molar-refractivity contribution in [2.24, 2.45) is 11.7 Å². The Morgan fingerprint density at radius 1 is 1.19 bits per heavy atom. The Kier molecular flexibility index (Phi) is 3.16. The van der Waals surface area contributed by atoms with E-state index in [2.05, 4.69) is 10.3 Å². The molecule has 3 aromatic rings. The minimum atomic E-state index is -0.278. The topological polar surface area (TPSA) is 90.0 Å². The molecule has 1 saturated carbocycles. The van der Waals surface area contributed by atoms with Gasteiger partial charge in [0.1, 0.15) is 5.82 Å². The molecule has 0 spiro atoms. The van der Waals surface area contributed by atoms with E-state index in [0.29, 0.717) is 12.2 Å². The van der Waals surface area contributed by atoms with Crippen molar-refractivity contribution in [1.29, 1.82) is 0 Å². The van der Waals surface area contributed by atoms with Gasteiger partial charge in [-0.2, -0.15) is 0 Å². The van der Waals surface area contributed by atoms with E-state index >= 15 is 0 Å². The zero-order chi connectivity index (χ0) is 17.8. The number of aromatic nitrogens is 2. The number of fused-ring (bicyclic) bond motifs is 5. The van der Waals surface area contributed by atoms with Crippen LogP contribution >= 0.6 is 0 Å². The third kappa shape index (κ3) is 2.15. The van der Waals surface area contributed by atoms with Gasteiger partial charge in [-0.25, -0.2) is 4.98 Å². The lowest BCUT2D eigenvalue weighted by Gasteiger charge is -2.50. The smallest absolute Gasteiger partial charge is 0.230 e. The summed E-state index contributed by atoms with van der Waals surface area (Å²) in [5.41, 5.74) is 6.39. The molecule has 2 heterocycles. The van der Waals surface area contributed by atoms with Gasteiger partial charge in [-0.15, -0.1) is 0 Å². The fraction of sp³-hybridized carbons (Fsp3) is 0.200. The summed E-state index contributed by atoms with van der Waals surface area (Å²) in [6, 6.07) is 14.0. The maximum atomic E-state index is 12.5. The summed E-state index contributed by atoms with van der Waals surface area (Å²) >= 11 is 0. The molecule has 2 aliphatic rings. The number of carbonyl (C=O) groups is 2. The molecule has 1 aromatic heterocycles. The first-order chi connectivity index (χ1) is 12.6. The van der Waals surface area contributed by atoms with E-state index in [1.165, 1.54) is 0 Å². The average Bonchev–Trinajstić information content (AvgIpc) is 2.92. The third-order valence-electron chi connectivity index (χ3n) is 5.36. The normalized spacial score (nSPS) is 20.6. The van der Waals surface area contributed by atoms with Gasteiger partial charge in [0.25, 0.3) is 0 Å². The molecule has 3 N–H and O–H groups in total. The molecular formula is C20H17N4O2. The van der Waals surface area contributed by atoms with Gasteiger partial charge in [-0.1, -0.05) is 42.5 Å². The van der Waals surface area contributed by atoms with Crippen LogP contribution < -0.4 is 11.1 Å². The molecule has 6 heteroatoms. The largest absolute Gasteiger partial charge is 0.369 e. The van der Waals surface area contributed by atoms with Gasteiger partial charge in [0.2, 0.25) is 11.8 Å². The van der Waals surface area contributed by atoms with Crippen LogP contribution in [-0.2, 0) is 16.0 Å². The van der Waals surface area contributed by atoms with Crippen molar-refractivity contribution in [2.45, 2.75) is 18.9 Å². The Bertz CT molecular complexity index is 1050. The number of nitrogens with one attached hydrogen (secondary N) is 1. The summed E-state index contributed by atoms with van der Waals surface area (Å²) < 4.78 is 1.93. The molecule has 2 aromatic carbocycles. The highest BCUT2D eigenvalue weighted by molar-refractivity contribution is 5.95. The molecule has 1 aliphatic heterocycles. The molecule has 26 heavy (non-hydrogen) atoms. The number of nitrogens with two attached hydrogens (primary N) is 1. The van der Waals surface area contributed by atoms with Crippen LogP contribution in [0.15, 0.2) is 48.7 Å². The van der Waals surface area contributed by atoms with Gasteiger partial charge in [0.05, 0.1) is 24.3 Å². The van der Waals surface area contributed by atoms with E-state index in [0.717, 1.165) is 28.1 Å². The molecule has 2 amide bonds. The fourth-order valence-corrected chi connectivity index (χ4v) is 4.04. The molecule has 129 valence electrons. The molecule has 2 unspecified atom stereocenters. The molecule has 6 nitrogen and oxygen atoms in total. The Morgan fingerprint density at radius 3 is 2.85 bits per heavy atom. The van der Waals surface area contributed by atoms with Crippen LogP contribution in [-0.4, -0.2) is 21.4 Å². The SMILES string of the molecule is NC(=O)C1C[C]2c3nc(NC(=O)Cc4cccc5ccccc45)cn3C21. The summed E-state index contributed by atoms with van der Waals surface area (Å²) in [5.74, 6) is 2.00. The van der Waals surface area contributed by atoms with Gasteiger partial charge in [0.15, 0.2) is 5.82 Å². The summed E-state index contributed by atoms with van der Waals surface area (Å²) in [4.78, 5) is 28.3. The van der Waals surface area contributed by atoms with Gasteiger partial charge >= 0.3 is 0 Å². The van der Waals surface area contributed by atoms with Crippen LogP contribution in [0.1, 0.15) is 23.9 Å². The Morgan fingerprint density at radius 2 is 2.00 bits per heavy atom. The lowest BCUT2D eigenvalue weighted by molar-refractivity contribution is -0.126. The molecule has 0 saturated heterocycles. The number of hydrogen-bond donors (Lipinski definition) is 2. The van der Waals surface area contributed by atoms with E-state index in [1.807, 2.05) is 47.0 Å². The molecule has 2 atom stereocenters. The monoisotopic (exact) mass is 345 g/mol. The quantitative estimate of drug-likeness (QED) is 0.759. The van der Waals surface area contributed by atoms with E-state index in [4.69, 9.17) is 5.73 Å². The fourth-order valence-electron chi connectivity index (χ4n) is 4.04. The van der Waals surface area contributed by atoms with E-state index in [9.17, 15) is 9.59 Å². The predicted molar refractivity (Wildman–Crippen MR) is 97.2 cm³/mol. The first-order valence-corrected chi connectivity index (χ1v) is 8.62. The Labute approximate surface area is 150 Å². The number of carbonyl (C=O) groups excluding carboxylic acids is 2. The van der Waals surface area contributed by atoms with Crippen molar-refractivity contribution in [3.05, 3.63) is 66.0 Å². The van der Waals surface area contributed by atoms with Crippen molar-refractivity contribution >= 4 is 28.4 Å². The van der Waals surface area contributed by atoms with Crippen molar-refractivity contribution in [2.75, 3.05) is 5.32 Å². The number of primary amides is 1. The summed E-state index contributed by atoms with van der Waals surface area (Å²) in [6.45, 7) is 0. The van der Waals surface area contributed by atoms with Crippen LogP contribution in [0, 0.1) is 11.8 Å². The van der Waals surface area contributed by atoms with Gasteiger partial charge in [-0.3, -0.25) is 9.59 Å². The second-order valence-corrected chi connectivity index (χ2v) is 6.90. The highest BCUT2D eigenvalue weighted by Crippen LogP contribution is 2.57. The second kappa shape index (κ2) is 5.42. The second-order valence-electron chi connectivity index (χ2n) is 6.90. The molecule has 0 bridgehead atoms. The number of rotatable bonds is 4. The van der Waals surface area contributed by atoms with Crippen LogP contribution in [0.4, 0.5) is 5.82 Å². The number of amides is 2. The van der Waals surface area contributed by atoms with Crippen molar-refractivity contribution in [3.63, 3.8) is 0 Å². The molecular weight excluding hydrogens is 328 g/mol. The molecule has 5 rings (SSSR count). The number of hydrogen-bond acceptors (Lipinski definition) is 3. The van der Waals surface area contributed by atoms with Crippen LogP contribution in [0.25, 0.3) is 10.8 Å². The Hall–Kier alpha value is -3.15. The zero-order valence-electron chi connectivity index (χ0n) is 14.0. The van der Waals surface area contributed by atoms with E-state index < -0.39 is 0 Å². The lowest BCUT2D eigenvalue weighted by Crippen LogP contribution is -2.52. The first-order valence-electron chi connectivity index (χ1n) is 8.62. The molecule has 1 fully saturated rings. The van der Waals surface area contributed by atoms with Crippen LogP contribution in [0.5, 0.6) is 0 Å². The minimum Gasteiger partial charge on any atom is -0.369 e. The maximum absolute atomic E-state index is 12.5. The third-order valence-corrected chi connectivity index (χ3v) is 5.36. The maximum Gasteiger partial charge on any atom is 0.230 e. The predicted octanol–water partition coefficient (Wildman–Crippen LogP) is 2.20. The summed E-state index contributed by atoms with van der Waals surface area (Å²) in [7, 11) is 0. The van der Waals surface area contributed by atoms with Gasteiger partial charge in [-0.05, 0) is 22.8 Å². The first kappa shape index (κ1) is 15.1. The van der Waals surface area contributed by atoms with Crippen LogP contribution in [0.3, 0.4) is 0 Å². The zero-order valence-corrected chi connectivity index (χ0v) is 14.0. The number of nitrogens with zero attached hydrogens (tertiary/aromatic N) is 2. The minimum absolute atomic E-state index is 0.0405.